The summed E-state index contributed by atoms with van der Waals surface area (Å²) in [6, 6.07) is 0.851. The zero-order chi connectivity index (χ0) is 15.7. The molecule has 20 heavy (non-hydrogen) atoms. The van der Waals surface area contributed by atoms with E-state index >= 15 is 0 Å². The van der Waals surface area contributed by atoms with Gasteiger partial charge in [-0.25, -0.2) is 22.0 Å². The molecule has 1 amide bonds. The third-order valence-electron chi connectivity index (χ3n) is 2.39. The van der Waals surface area contributed by atoms with Crippen LogP contribution in [0.5, 0.6) is 0 Å². The number of benzene rings is 1. The van der Waals surface area contributed by atoms with Gasteiger partial charge in [-0.05, 0) is 12.1 Å². The Hall–Kier alpha value is -2.03. The van der Waals surface area contributed by atoms with Crippen molar-refractivity contribution in [2.24, 2.45) is 0 Å². The van der Waals surface area contributed by atoms with Crippen LogP contribution < -0.4 is 0 Å². The van der Waals surface area contributed by atoms with Crippen molar-refractivity contribution in [3.63, 3.8) is 0 Å². The first kappa shape index (κ1) is 16.0. The highest BCUT2D eigenvalue weighted by Crippen LogP contribution is 2.21. The number of amides is 1. The van der Waals surface area contributed by atoms with Crippen LogP contribution in [0.4, 0.5) is 8.78 Å². The van der Waals surface area contributed by atoms with Crippen LogP contribution in [0.15, 0.2) is 17.0 Å². The maximum absolute atomic E-state index is 13.5. The van der Waals surface area contributed by atoms with Gasteiger partial charge >= 0.3 is 5.97 Å². The molecule has 0 aliphatic carbocycles. The van der Waals surface area contributed by atoms with Crippen LogP contribution in [0.3, 0.4) is 0 Å². The third kappa shape index (κ3) is 3.29. The molecule has 0 spiro atoms. The van der Waals surface area contributed by atoms with E-state index < -0.39 is 49.6 Å². The summed E-state index contributed by atoms with van der Waals surface area (Å²) in [7, 11) is -1.90. The molecule has 9 heteroatoms. The lowest BCUT2D eigenvalue weighted by molar-refractivity contribution is -0.125. The Morgan fingerprint density at radius 2 is 1.80 bits per heavy atom. The van der Waals surface area contributed by atoms with Gasteiger partial charge in [0.2, 0.25) is 5.91 Å². The zero-order valence-electron chi connectivity index (χ0n) is 10.6. The summed E-state index contributed by atoms with van der Waals surface area (Å²) < 4.78 is 50.4. The Labute approximate surface area is 113 Å². The van der Waals surface area contributed by atoms with E-state index in [1.54, 1.807) is 0 Å². The fourth-order valence-electron chi connectivity index (χ4n) is 1.28. The van der Waals surface area contributed by atoms with E-state index in [-0.39, 0.29) is 0 Å². The highest BCUT2D eigenvalue weighted by atomic mass is 32.2. The molecule has 1 N–H and O–H groups in total. The summed E-state index contributed by atoms with van der Waals surface area (Å²) >= 11 is 0. The molecule has 0 radical (unpaired) electrons. The van der Waals surface area contributed by atoms with Crippen molar-refractivity contribution in [1.82, 2.24) is 4.90 Å². The number of aromatic carboxylic acids is 1. The number of hydrogen-bond acceptors (Lipinski definition) is 4. The Morgan fingerprint density at radius 1 is 1.25 bits per heavy atom. The average Bonchev–Trinajstić information content (AvgIpc) is 2.31. The summed E-state index contributed by atoms with van der Waals surface area (Å²) in [5.74, 6) is -6.86. The van der Waals surface area contributed by atoms with E-state index in [1.807, 2.05) is 0 Å². The Kier molecular flexibility index (Phi) is 4.43. The summed E-state index contributed by atoms with van der Waals surface area (Å²) in [4.78, 5) is 21.9. The second-order valence-corrected chi connectivity index (χ2v) is 6.08. The van der Waals surface area contributed by atoms with Gasteiger partial charge in [0.25, 0.3) is 0 Å². The van der Waals surface area contributed by atoms with Gasteiger partial charge in [0.1, 0.15) is 10.6 Å². The molecule has 0 aromatic heterocycles. The smallest absolute Gasteiger partial charge is 0.335 e. The number of carboxylic acids is 1. The first-order valence-corrected chi connectivity index (χ1v) is 6.86. The molecule has 1 aromatic rings. The van der Waals surface area contributed by atoms with E-state index in [9.17, 15) is 26.8 Å². The molecule has 0 heterocycles. The van der Waals surface area contributed by atoms with Crippen molar-refractivity contribution in [3.8, 4) is 0 Å². The molecule has 110 valence electrons. The van der Waals surface area contributed by atoms with Gasteiger partial charge in [-0.15, -0.1) is 0 Å². The highest BCUT2D eigenvalue weighted by molar-refractivity contribution is 7.92. The van der Waals surface area contributed by atoms with Gasteiger partial charge in [-0.1, -0.05) is 0 Å². The number of rotatable bonds is 4. The quantitative estimate of drug-likeness (QED) is 0.876. The molecule has 1 rings (SSSR count). The minimum absolute atomic E-state index is 0.366. The van der Waals surface area contributed by atoms with Crippen molar-refractivity contribution in [1.29, 1.82) is 0 Å². The lowest BCUT2D eigenvalue weighted by atomic mass is 10.2. The Balaban J connectivity index is 3.38. The van der Waals surface area contributed by atoms with Gasteiger partial charge in [0, 0.05) is 14.1 Å². The monoisotopic (exact) mass is 307 g/mol. The number of carbonyl (C=O) groups is 2. The predicted molar refractivity (Wildman–Crippen MR) is 64.1 cm³/mol. The van der Waals surface area contributed by atoms with Crippen molar-refractivity contribution in [2.75, 3.05) is 19.8 Å². The molecular weight excluding hydrogens is 296 g/mol. The van der Waals surface area contributed by atoms with E-state index in [1.165, 1.54) is 14.1 Å². The van der Waals surface area contributed by atoms with Crippen molar-refractivity contribution in [2.45, 2.75) is 4.90 Å². The van der Waals surface area contributed by atoms with Crippen molar-refractivity contribution >= 4 is 21.7 Å². The zero-order valence-corrected chi connectivity index (χ0v) is 11.4. The third-order valence-corrected chi connectivity index (χ3v) is 3.98. The second-order valence-electron chi connectivity index (χ2n) is 4.12. The van der Waals surface area contributed by atoms with Gasteiger partial charge in [-0.2, -0.15) is 0 Å². The summed E-state index contributed by atoms with van der Waals surface area (Å²) in [6.07, 6.45) is 0. The van der Waals surface area contributed by atoms with Gasteiger partial charge < -0.3 is 10.0 Å². The van der Waals surface area contributed by atoms with Crippen LogP contribution in [0.25, 0.3) is 0 Å². The minimum atomic E-state index is -4.48. The predicted octanol–water partition coefficient (Wildman–Crippen LogP) is 0.525. The average molecular weight is 307 g/mol. The number of hydrogen-bond donors (Lipinski definition) is 1. The summed E-state index contributed by atoms with van der Waals surface area (Å²) in [6.45, 7) is 0. The molecular formula is C11H11F2NO5S. The molecule has 0 atom stereocenters. The lowest BCUT2D eigenvalue weighted by Gasteiger charge is -2.11. The van der Waals surface area contributed by atoms with Crippen LogP contribution >= 0.6 is 0 Å². The SMILES string of the molecule is CN(C)C(=O)CS(=O)(=O)c1cc(C(=O)O)cc(F)c1F. The van der Waals surface area contributed by atoms with E-state index in [0.717, 1.165) is 4.90 Å². The molecule has 0 bridgehead atoms. The largest absolute Gasteiger partial charge is 0.478 e. The maximum atomic E-state index is 13.5. The first-order valence-electron chi connectivity index (χ1n) is 5.21. The molecule has 1 aromatic carbocycles. The van der Waals surface area contributed by atoms with E-state index in [0.29, 0.717) is 12.1 Å². The molecule has 0 saturated heterocycles. The van der Waals surface area contributed by atoms with Crippen LogP contribution in [0, 0.1) is 11.6 Å². The maximum Gasteiger partial charge on any atom is 0.335 e. The number of nitrogens with zero attached hydrogens (tertiary/aromatic N) is 1. The molecule has 0 saturated carbocycles. The van der Waals surface area contributed by atoms with Crippen molar-refractivity contribution < 1.29 is 31.9 Å². The van der Waals surface area contributed by atoms with Crippen LogP contribution in [0.2, 0.25) is 0 Å². The van der Waals surface area contributed by atoms with Crippen LogP contribution in [-0.4, -0.2) is 50.1 Å². The number of sulfone groups is 1. The highest BCUT2D eigenvalue weighted by Gasteiger charge is 2.27. The topological polar surface area (TPSA) is 91.8 Å². The second kappa shape index (κ2) is 5.53. The minimum Gasteiger partial charge on any atom is -0.478 e. The fraction of sp³-hybridized carbons (Fsp3) is 0.273. The summed E-state index contributed by atoms with van der Waals surface area (Å²) in [5, 5.41) is 8.70. The Bertz CT molecular complexity index is 670. The number of carboxylic acid groups (broad SMARTS) is 1. The van der Waals surface area contributed by atoms with Gasteiger partial charge in [0.05, 0.1) is 5.56 Å². The number of carbonyl (C=O) groups excluding carboxylic acids is 1. The van der Waals surface area contributed by atoms with Gasteiger partial charge in [0.15, 0.2) is 21.5 Å². The molecule has 0 fully saturated rings. The lowest BCUT2D eigenvalue weighted by Crippen LogP contribution is -2.29. The summed E-state index contributed by atoms with van der Waals surface area (Å²) in [5.41, 5.74) is -0.722. The van der Waals surface area contributed by atoms with Crippen LogP contribution in [0.1, 0.15) is 10.4 Å². The fourth-order valence-corrected chi connectivity index (χ4v) is 2.70. The standard InChI is InChI=1S/C11H11F2NO5S/c1-14(2)9(15)5-20(18,19)8-4-6(11(16)17)3-7(12)10(8)13/h3-4H,5H2,1-2H3,(H,16,17). The first-order chi connectivity index (χ1) is 9.06. The van der Waals surface area contributed by atoms with E-state index in [2.05, 4.69) is 0 Å². The van der Waals surface area contributed by atoms with E-state index in [4.69, 9.17) is 5.11 Å². The van der Waals surface area contributed by atoms with Gasteiger partial charge in [-0.3, -0.25) is 4.79 Å². The molecule has 0 aliphatic rings. The van der Waals surface area contributed by atoms with Crippen LogP contribution in [-0.2, 0) is 14.6 Å². The number of halogens is 2. The van der Waals surface area contributed by atoms with Crippen molar-refractivity contribution in [3.05, 3.63) is 29.3 Å². The normalized spacial score (nSPS) is 11.2. The molecule has 0 aliphatic heterocycles. The molecule has 0 unspecified atom stereocenters. The molecule has 6 nitrogen and oxygen atoms in total. The Morgan fingerprint density at radius 3 is 2.25 bits per heavy atom.